The van der Waals surface area contributed by atoms with Gasteiger partial charge in [-0.2, -0.15) is 0 Å². The van der Waals surface area contributed by atoms with E-state index < -0.39 is 5.97 Å². The number of carboxylic acid groups (broad SMARTS) is 1. The van der Waals surface area contributed by atoms with Crippen LogP contribution in [0.3, 0.4) is 0 Å². The van der Waals surface area contributed by atoms with E-state index in [9.17, 15) is 9.59 Å². The van der Waals surface area contributed by atoms with Crippen molar-refractivity contribution in [3.05, 3.63) is 12.2 Å². The minimum atomic E-state index is -0.796. The molecule has 0 fully saturated rings. The predicted molar refractivity (Wildman–Crippen MR) is 109 cm³/mol. The van der Waals surface area contributed by atoms with E-state index in [4.69, 9.17) is 5.11 Å². The molecular weight excluding hydrogens is 326 g/mol. The molecular formula is C22H41NO3. The highest BCUT2D eigenvalue weighted by atomic mass is 16.4. The Morgan fingerprint density at radius 1 is 0.885 bits per heavy atom. The number of amides is 1. The second-order valence-electron chi connectivity index (χ2n) is 7.52. The quantitative estimate of drug-likeness (QED) is 0.260. The number of hydrogen-bond donors (Lipinski definition) is 1. The predicted octanol–water partition coefficient (Wildman–Crippen LogP) is 5.81. The summed E-state index contributed by atoms with van der Waals surface area (Å²) in [6, 6.07) is 0. The van der Waals surface area contributed by atoms with Crippen molar-refractivity contribution in [2.24, 2.45) is 5.92 Å². The Balaban J connectivity index is 3.83. The molecule has 0 spiro atoms. The first-order valence-electron chi connectivity index (χ1n) is 10.6. The van der Waals surface area contributed by atoms with Crippen molar-refractivity contribution in [2.75, 3.05) is 14.1 Å². The van der Waals surface area contributed by atoms with Crippen LogP contribution in [0.1, 0.15) is 96.8 Å². The molecule has 4 nitrogen and oxygen atoms in total. The fourth-order valence-electron chi connectivity index (χ4n) is 3.12. The second kappa shape index (κ2) is 17.1. The molecule has 0 bridgehead atoms. The summed E-state index contributed by atoms with van der Waals surface area (Å²) >= 11 is 0. The van der Waals surface area contributed by atoms with Crippen molar-refractivity contribution >= 4 is 11.9 Å². The van der Waals surface area contributed by atoms with Crippen molar-refractivity contribution in [1.29, 1.82) is 0 Å². The molecule has 152 valence electrons. The van der Waals surface area contributed by atoms with Gasteiger partial charge in [0.15, 0.2) is 0 Å². The van der Waals surface area contributed by atoms with Crippen LogP contribution in [0.2, 0.25) is 0 Å². The van der Waals surface area contributed by atoms with Gasteiger partial charge < -0.3 is 10.0 Å². The Morgan fingerprint density at radius 2 is 1.42 bits per heavy atom. The summed E-state index contributed by atoms with van der Waals surface area (Å²) in [5, 5.41) is 8.75. The summed E-state index contributed by atoms with van der Waals surface area (Å²) in [4.78, 5) is 24.4. The van der Waals surface area contributed by atoms with Crippen LogP contribution in [0.4, 0.5) is 0 Å². The number of unbranched alkanes of at least 4 members (excludes halogenated alkanes) is 10. The summed E-state index contributed by atoms with van der Waals surface area (Å²) < 4.78 is 0. The number of allylic oxidation sites excluding steroid dienone is 1. The van der Waals surface area contributed by atoms with Crippen LogP contribution in [0.5, 0.6) is 0 Å². The molecule has 0 aromatic carbocycles. The number of hydrogen-bond acceptors (Lipinski definition) is 2. The fraction of sp³-hybridized carbons (Fsp3) is 0.818. The molecule has 0 radical (unpaired) electrons. The monoisotopic (exact) mass is 367 g/mol. The van der Waals surface area contributed by atoms with Gasteiger partial charge in [-0.3, -0.25) is 9.59 Å². The molecule has 0 aromatic rings. The van der Waals surface area contributed by atoms with Crippen molar-refractivity contribution in [3.63, 3.8) is 0 Å². The lowest BCUT2D eigenvalue weighted by Gasteiger charge is -2.17. The van der Waals surface area contributed by atoms with Gasteiger partial charge in [0.2, 0.25) is 5.91 Å². The molecule has 0 heterocycles. The molecule has 26 heavy (non-hydrogen) atoms. The number of carbonyl (C=O) groups is 2. The molecule has 1 N–H and O–H groups in total. The van der Waals surface area contributed by atoms with E-state index in [2.05, 4.69) is 13.0 Å². The largest absolute Gasteiger partial charge is 0.481 e. The van der Waals surface area contributed by atoms with Crippen LogP contribution in [-0.4, -0.2) is 36.0 Å². The van der Waals surface area contributed by atoms with Crippen LogP contribution >= 0.6 is 0 Å². The maximum Gasteiger partial charge on any atom is 0.303 e. The van der Waals surface area contributed by atoms with Gasteiger partial charge in [0.1, 0.15) is 0 Å². The number of carboxylic acids is 1. The number of carbonyl (C=O) groups excluding carboxylic acids is 1. The standard InChI is InChI=1S/C22H41NO3/c1-4-5-6-7-8-9-10-11-12-13-14-15-17-20(22(26)23(2)3)18-16-19-21(24)25/h15,17,20H,4-14,16,18-19H2,1-3H3,(H,24,25)/b17-15-. The average molecular weight is 368 g/mol. The first kappa shape index (κ1) is 24.7. The molecule has 0 aliphatic carbocycles. The van der Waals surface area contributed by atoms with E-state index in [-0.39, 0.29) is 18.2 Å². The number of aliphatic carboxylic acids is 1. The summed E-state index contributed by atoms with van der Waals surface area (Å²) in [5.74, 6) is -0.919. The fourth-order valence-corrected chi connectivity index (χ4v) is 3.12. The topological polar surface area (TPSA) is 57.6 Å². The third-order valence-corrected chi connectivity index (χ3v) is 4.76. The van der Waals surface area contributed by atoms with Crippen molar-refractivity contribution in [1.82, 2.24) is 4.90 Å². The summed E-state index contributed by atoms with van der Waals surface area (Å²) in [7, 11) is 3.51. The normalized spacial score (nSPS) is 12.4. The van der Waals surface area contributed by atoms with Gasteiger partial charge in [-0.25, -0.2) is 0 Å². The van der Waals surface area contributed by atoms with Gasteiger partial charge in [0.25, 0.3) is 0 Å². The zero-order chi connectivity index (χ0) is 19.6. The molecule has 0 saturated heterocycles. The number of rotatable bonds is 17. The Labute approximate surface area is 161 Å². The van der Waals surface area contributed by atoms with Gasteiger partial charge in [-0.1, -0.05) is 76.9 Å². The van der Waals surface area contributed by atoms with E-state index in [0.29, 0.717) is 12.8 Å². The average Bonchev–Trinajstić information content (AvgIpc) is 2.60. The van der Waals surface area contributed by atoms with Crippen LogP contribution in [0.25, 0.3) is 0 Å². The highest BCUT2D eigenvalue weighted by Gasteiger charge is 2.17. The maximum absolute atomic E-state index is 12.2. The Hall–Kier alpha value is -1.32. The first-order valence-corrected chi connectivity index (χ1v) is 10.6. The van der Waals surface area contributed by atoms with E-state index in [1.54, 1.807) is 19.0 Å². The molecule has 4 heteroatoms. The van der Waals surface area contributed by atoms with Gasteiger partial charge in [-0.15, -0.1) is 0 Å². The molecule has 1 amide bonds. The zero-order valence-corrected chi connectivity index (χ0v) is 17.3. The highest BCUT2D eigenvalue weighted by molar-refractivity contribution is 5.80. The van der Waals surface area contributed by atoms with Gasteiger partial charge in [0, 0.05) is 20.5 Å². The Kier molecular flexibility index (Phi) is 16.2. The summed E-state index contributed by atoms with van der Waals surface area (Å²) in [5.41, 5.74) is 0. The molecule has 0 aliphatic heterocycles. The van der Waals surface area contributed by atoms with E-state index in [0.717, 1.165) is 6.42 Å². The van der Waals surface area contributed by atoms with Crippen LogP contribution < -0.4 is 0 Å². The van der Waals surface area contributed by atoms with Gasteiger partial charge in [0.05, 0.1) is 5.92 Å². The molecule has 0 saturated carbocycles. The molecule has 0 aliphatic rings. The molecule has 0 rings (SSSR count). The van der Waals surface area contributed by atoms with Crippen molar-refractivity contribution < 1.29 is 14.7 Å². The first-order chi connectivity index (χ1) is 12.5. The molecule has 1 unspecified atom stereocenters. The van der Waals surface area contributed by atoms with Crippen LogP contribution in [0, 0.1) is 5.92 Å². The lowest BCUT2D eigenvalue weighted by Crippen LogP contribution is -2.28. The van der Waals surface area contributed by atoms with Crippen molar-refractivity contribution in [2.45, 2.75) is 96.8 Å². The maximum atomic E-state index is 12.2. The Bertz CT molecular complexity index is 391. The molecule has 1 atom stereocenters. The summed E-state index contributed by atoms with van der Waals surface area (Å²) in [6.45, 7) is 2.25. The van der Waals surface area contributed by atoms with E-state index in [1.165, 1.54) is 64.2 Å². The lowest BCUT2D eigenvalue weighted by molar-refractivity contribution is -0.137. The van der Waals surface area contributed by atoms with Crippen LogP contribution in [0.15, 0.2) is 12.2 Å². The van der Waals surface area contributed by atoms with Gasteiger partial charge in [-0.05, 0) is 25.7 Å². The number of nitrogens with zero attached hydrogens (tertiary/aromatic N) is 1. The smallest absolute Gasteiger partial charge is 0.303 e. The molecule has 0 aromatic heterocycles. The highest BCUT2D eigenvalue weighted by Crippen LogP contribution is 2.15. The lowest BCUT2D eigenvalue weighted by atomic mass is 9.99. The third-order valence-electron chi connectivity index (χ3n) is 4.76. The van der Waals surface area contributed by atoms with Gasteiger partial charge >= 0.3 is 5.97 Å². The second-order valence-corrected chi connectivity index (χ2v) is 7.52. The Morgan fingerprint density at radius 3 is 1.92 bits per heavy atom. The minimum absolute atomic E-state index is 0.0645. The van der Waals surface area contributed by atoms with E-state index in [1.807, 2.05) is 6.08 Å². The zero-order valence-electron chi connectivity index (χ0n) is 17.3. The summed E-state index contributed by atoms with van der Waals surface area (Å²) in [6.07, 6.45) is 19.7. The SMILES string of the molecule is CCCCCCCCCCCC/C=C\C(CCCC(=O)O)C(=O)N(C)C. The third kappa shape index (κ3) is 15.0. The van der Waals surface area contributed by atoms with E-state index >= 15 is 0 Å². The minimum Gasteiger partial charge on any atom is -0.481 e. The van der Waals surface area contributed by atoms with Crippen molar-refractivity contribution in [3.8, 4) is 0 Å². The van der Waals surface area contributed by atoms with Crippen LogP contribution in [-0.2, 0) is 9.59 Å².